The second-order valence-corrected chi connectivity index (χ2v) is 7.58. The van der Waals surface area contributed by atoms with Crippen molar-refractivity contribution in [3.05, 3.63) is 48.3 Å². The molecule has 0 aromatic carbocycles. The lowest BCUT2D eigenvalue weighted by Crippen LogP contribution is -2.60. The van der Waals surface area contributed by atoms with Crippen LogP contribution in [-0.2, 0) is 38.1 Å². The minimum atomic E-state index is -2.25. The molecule has 2 aromatic heterocycles. The van der Waals surface area contributed by atoms with Crippen molar-refractivity contribution in [2.45, 2.75) is 51.5 Å². The summed E-state index contributed by atoms with van der Waals surface area (Å²) in [6.07, 6.45) is 1.52. The first-order valence-electron chi connectivity index (χ1n) is 11.7. The zero-order valence-corrected chi connectivity index (χ0v) is 20.6. The molecule has 3 rings (SSSR count). The molecule has 1 fully saturated rings. The Bertz CT molecular complexity index is 997. The standard InChI is InChI=1S/C24H30N2O10/c1-5-31-20(27)17(21(28)32-6-2)26-18(15-11-9-13-35-15)24(22(29)33-7-3,23(30)34-8-4)25-19(26)16-12-10-14-36-16/h9-14,17-19,25H,5-8H2,1-4H3/t18-,19-/m0/s1. The van der Waals surface area contributed by atoms with E-state index in [4.69, 9.17) is 27.8 Å². The van der Waals surface area contributed by atoms with Crippen molar-refractivity contribution < 1.29 is 47.0 Å². The second-order valence-electron chi connectivity index (χ2n) is 7.58. The summed E-state index contributed by atoms with van der Waals surface area (Å²) in [6, 6.07) is 3.06. The number of hydrogen-bond acceptors (Lipinski definition) is 12. The van der Waals surface area contributed by atoms with E-state index in [0.717, 1.165) is 0 Å². The summed E-state index contributed by atoms with van der Waals surface area (Å²) in [5.74, 6) is -3.61. The Morgan fingerprint density at radius 1 is 0.833 bits per heavy atom. The number of nitrogens with one attached hydrogen (secondary N) is 1. The SMILES string of the molecule is CCOC(=O)C(C(=O)OCC)N1[C@@H](c2ccco2)NC(C(=O)OCC)(C(=O)OCC)[C@@H]1c1ccco1. The van der Waals surface area contributed by atoms with Crippen molar-refractivity contribution in [2.75, 3.05) is 26.4 Å². The van der Waals surface area contributed by atoms with Crippen LogP contribution in [0.2, 0.25) is 0 Å². The molecule has 12 heteroatoms. The van der Waals surface area contributed by atoms with E-state index in [1.807, 2.05) is 0 Å². The summed E-state index contributed by atoms with van der Waals surface area (Å²) >= 11 is 0. The van der Waals surface area contributed by atoms with E-state index in [1.54, 1.807) is 45.9 Å². The first-order valence-corrected chi connectivity index (χ1v) is 11.7. The van der Waals surface area contributed by atoms with Crippen molar-refractivity contribution in [2.24, 2.45) is 0 Å². The number of furan rings is 2. The van der Waals surface area contributed by atoms with Crippen LogP contribution in [0.3, 0.4) is 0 Å². The third kappa shape index (κ3) is 4.86. The summed E-state index contributed by atoms with van der Waals surface area (Å²) in [5.41, 5.74) is -2.25. The normalized spacial score (nSPS) is 19.1. The van der Waals surface area contributed by atoms with Crippen LogP contribution in [0.5, 0.6) is 0 Å². The van der Waals surface area contributed by atoms with Crippen LogP contribution in [0.4, 0.5) is 0 Å². The fraction of sp³-hybridized carbons (Fsp3) is 0.500. The van der Waals surface area contributed by atoms with Gasteiger partial charge in [0, 0.05) is 0 Å². The Morgan fingerprint density at radius 3 is 1.72 bits per heavy atom. The van der Waals surface area contributed by atoms with Gasteiger partial charge in [0.15, 0.2) is 0 Å². The first-order chi connectivity index (χ1) is 17.4. The predicted molar refractivity (Wildman–Crippen MR) is 121 cm³/mol. The van der Waals surface area contributed by atoms with Crippen molar-refractivity contribution in [3.63, 3.8) is 0 Å². The molecular formula is C24H30N2O10. The van der Waals surface area contributed by atoms with Gasteiger partial charge in [-0.1, -0.05) is 0 Å². The molecule has 36 heavy (non-hydrogen) atoms. The highest BCUT2D eigenvalue weighted by Gasteiger charge is 2.69. The molecule has 0 spiro atoms. The van der Waals surface area contributed by atoms with E-state index < -0.39 is 47.7 Å². The van der Waals surface area contributed by atoms with Crippen molar-refractivity contribution in [1.82, 2.24) is 10.2 Å². The molecule has 1 aliphatic heterocycles. The van der Waals surface area contributed by atoms with E-state index in [2.05, 4.69) is 5.32 Å². The van der Waals surface area contributed by atoms with Gasteiger partial charge in [-0.15, -0.1) is 0 Å². The summed E-state index contributed by atoms with van der Waals surface area (Å²) in [6.45, 7) is 6.14. The van der Waals surface area contributed by atoms with Crippen LogP contribution >= 0.6 is 0 Å². The smallest absolute Gasteiger partial charge is 0.340 e. The topological polar surface area (TPSA) is 147 Å². The number of esters is 4. The predicted octanol–water partition coefficient (Wildman–Crippen LogP) is 1.88. The fourth-order valence-electron chi connectivity index (χ4n) is 4.21. The van der Waals surface area contributed by atoms with Gasteiger partial charge in [-0.25, -0.2) is 24.1 Å². The van der Waals surface area contributed by atoms with Gasteiger partial charge in [-0.2, -0.15) is 0 Å². The number of hydrogen-bond donors (Lipinski definition) is 1. The molecule has 1 aliphatic rings. The van der Waals surface area contributed by atoms with E-state index >= 15 is 0 Å². The van der Waals surface area contributed by atoms with Crippen molar-refractivity contribution in [1.29, 1.82) is 0 Å². The number of nitrogens with zero attached hydrogens (tertiary/aromatic N) is 1. The lowest BCUT2D eigenvalue weighted by atomic mass is 9.88. The molecule has 0 amide bonds. The molecule has 0 unspecified atom stereocenters. The molecule has 0 radical (unpaired) electrons. The van der Waals surface area contributed by atoms with Gasteiger partial charge in [-0.05, 0) is 52.0 Å². The van der Waals surface area contributed by atoms with Gasteiger partial charge in [0.25, 0.3) is 0 Å². The molecule has 2 atom stereocenters. The summed E-state index contributed by atoms with van der Waals surface area (Å²) in [4.78, 5) is 54.7. The van der Waals surface area contributed by atoms with Crippen LogP contribution < -0.4 is 5.32 Å². The zero-order valence-electron chi connectivity index (χ0n) is 20.6. The molecule has 0 aliphatic carbocycles. The average Bonchev–Trinajstić information content (AvgIpc) is 3.60. The number of ether oxygens (including phenoxy) is 4. The second kappa shape index (κ2) is 11.9. The highest BCUT2D eigenvalue weighted by molar-refractivity contribution is 6.07. The Labute approximate surface area is 207 Å². The fourth-order valence-corrected chi connectivity index (χ4v) is 4.21. The first kappa shape index (κ1) is 27.0. The molecule has 2 aromatic rings. The maximum atomic E-state index is 13.5. The van der Waals surface area contributed by atoms with Crippen LogP contribution in [0, 0.1) is 0 Å². The lowest BCUT2D eigenvalue weighted by molar-refractivity contribution is -0.173. The molecule has 12 nitrogen and oxygen atoms in total. The number of rotatable bonds is 11. The molecule has 1 saturated heterocycles. The van der Waals surface area contributed by atoms with E-state index in [9.17, 15) is 19.2 Å². The summed E-state index contributed by atoms with van der Waals surface area (Å²) < 4.78 is 32.2. The molecule has 0 bridgehead atoms. The third-order valence-corrected chi connectivity index (χ3v) is 5.51. The Kier molecular flexibility index (Phi) is 8.88. The van der Waals surface area contributed by atoms with Gasteiger partial charge in [-0.3, -0.25) is 5.32 Å². The Morgan fingerprint density at radius 2 is 1.31 bits per heavy atom. The molecular weight excluding hydrogens is 476 g/mol. The molecule has 0 saturated carbocycles. The van der Waals surface area contributed by atoms with E-state index in [1.165, 1.54) is 23.5 Å². The lowest BCUT2D eigenvalue weighted by Gasteiger charge is -2.34. The zero-order chi connectivity index (χ0) is 26.3. The van der Waals surface area contributed by atoms with Crippen molar-refractivity contribution in [3.8, 4) is 0 Å². The highest BCUT2D eigenvalue weighted by Crippen LogP contribution is 2.48. The van der Waals surface area contributed by atoms with E-state index in [-0.39, 0.29) is 37.9 Å². The molecule has 1 N–H and O–H groups in total. The van der Waals surface area contributed by atoms with Crippen LogP contribution in [0.1, 0.15) is 51.4 Å². The van der Waals surface area contributed by atoms with Gasteiger partial charge in [0.05, 0.1) is 39.0 Å². The maximum Gasteiger partial charge on any atom is 0.340 e. The minimum Gasteiger partial charge on any atom is -0.468 e. The number of carbonyl (C=O) groups is 4. The quantitative estimate of drug-likeness (QED) is 0.270. The Balaban J connectivity index is 2.33. The average molecular weight is 507 g/mol. The van der Waals surface area contributed by atoms with Gasteiger partial charge >= 0.3 is 23.9 Å². The Hall–Kier alpha value is -3.64. The molecule has 3 heterocycles. The van der Waals surface area contributed by atoms with Gasteiger partial charge in [0.1, 0.15) is 23.7 Å². The maximum absolute atomic E-state index is 13.5. The monoisotopic (exact) mass is 506 g/mol. The summed E-state index contributed by atoms with van der Waals surface area (Å²) in [7, 11) is 0. The molecule has 196 valence electrons. The van der Waals surface area contributed by atoms with Gasteiger partial charge in [0.2, 0.25) is 11.6 Å². The highest BCUT2D eigenvalue weighted by atomic mass is 16.6. The minimum absolute atomic E-state index is 0.0340. The van der Waals surface area contributed by atoms with Crippen LogP contribution in [0.15, 0.2) is 45.6 Å². The van der Waals surface area contributed by atoms with Crippen LogP contribution in [0.25, 0.3) is 0 Å². The summed E-state index contributed by atoms with van der Waals surface area (Å²) in [5, 5.41) is 2.95. The largest absolute Gasteiger partial charge is 0.468 e. The van der Waals surface area contributed by atoms with E-state index in [0.29, 0.717) is 0 Å². The van der Waals surface area contributed by atoms with Gasteiger partial charge < -0.3 is 27.8 Å². The van der Waals surface area contributed by atoms with Crippen LogP contribution in [-0.4, -0.2) is 66.8 Å². The van der Waals surface area contributed by atoms with Crippen molar-refractivity contribution >= 4 is 23.9 Å². The number of carbonyl (C=O) groups excluding carboxylic acids is 4. The third-order valence-electron chi connectivity index (χ3n) is 5.51.